The highest BCUT2D eigenvalue weighted by Gasteiger charge is 2.10. The highest BCUT2D eigenvalue weighted by atomic mass is 32.1. The summed E-state index contributed by atoms with van der Waals surface area (Å²) >= 11 is 4.41. The van der Waals surface area contributed by atoms with Crippen LogP contribution in [-0.2, 0) is 13.6 Å². The van der Waals surface area contributed by atoms with E-state index in [-0.39, 0.29) is 0 Å². The van der Waals surface area contributed by atoms with Crippen molar-refractivity contribution in [3.63, 3.8) is 0 Å². The quantitative estimate of drug-likeness (QED) is 0.739. The second kappa shape index (κ2) is 6.97. The predicted molar refractivity (Wildman–Crippen MR) is 71.8 cm³/mol. The second-order valence-electron chi connectivity index (χ2n) is 4.56. The van der Waals surface area contributed by atoms with Gasteiger partial charge in [0.1, 0.15) is 0 Å². The summed E-state index contributed by atoms with van der Waals surface area (Å²) in [4.78, 5) is 2.35. The molecule has 0 aliphatic heterocycles. The normalized spacial score (nSPS) is 13.3. The molecule has 0 aromatic carbocycles. The molecule has 1 aromatic heterocycles. The third-order valence-corrected chi connectivity index (χ3v) is 3.25. The van der Waals surface area contributed by atoms with Crippen molar-refractivity contribution in [3.8, 4) is 0 Å². The zero-order valence-electron chi connectivity index (χ0n) is 10.6. The Kier molecular flexibility index (Phi) is 5.91. The van der Waals surface area contributed by atoms with Gasteiger partial charge in [-0.15, -0.1) is 0 Å². The van der Waals surface area contributed by atoms with Crippen molar-refractivity contribution in [2.24, 2.45) is 13.0 Å². The summed E-state index contributed by atoms with van der Waals surface area (Å²) in [6.07, 6.45) is 6.52. The summed E-state index contributed by atoms with van der Waals surface area (Å²) in [5.41, 5.74) is 1.28. The monoisotopic (exact) mass is 241 g/mol. The molecule has 1 heterocycles. The highest BCUT2D eigenvalue weighted by molar-refractivity contribution is 7.80. The van der Waals surface area contributed by atoms with Crippen LogP contribution in [0.3, 0.4) is 0 Å². The van der Waals surface area contributed by atoms with Crippen molar-refractivity contribution < 1.29 is 0 Å². The minimum Gasteiger partial charge on any atom is -0.302 e. The number of hydrogen-bond donors (Lipinski definition) is 1. The predicted octanol–water partition coefficient (Wildman–Crippen LogP) is 2.20. The van der Waals surface area contributed by atoms with Crippen molar-refractivity contribution in [2.45, 2.75) is 26.3 Å². The van der Waals surface area contributed by atoms with Gasteiger partial charge in [-0.1, -0.05) is 13.3 Å². The largest absolute Gasteiger partial charge is 0.302 e. The Morgan fingerprint density at radius 2 is 2.31 bits per heavy atom. The average Bonchev–Trinajstić information content (AvgIpc) is 2.63. The van der Waals surface area contributed by atoms with E-state index in [1.807, 2.05) is 17.9 Å². The van der Waals surface area contributed by atoms with E-state index in [4.69, 9.17) is 0 Å². The summed E-state index contributed by atoms with van der Waals surface area (Å²) in [6, 6.07) is 0. The molecule has 0 bridgehead atoms. The van der Waals surface area contributed by atoms with Gasteiger partial charge in [-0.2, -0.15) is 17.7 Å². The smallest absolute Gasteiger partial charge is 0.0534 e. The van der Waals surface area contributed by atoms with Gasteiger partial charge in [-0.3, -0.25) is 4.68 Å². The summed E-state index contributed by atoms with van der Waals surface area (Å²) in [7, 11) is 4.12. The molecule has 0 saturated heterocycles. The number of aryl methyl sites for hydroxylation is 1. The Bertz CT molecular complexity index is 298. The fourth-order valence-electron chi connectivity index (χ4n) is 2.02. The van der Waals surface area contributed by atoms with E-state index in [1.54, 1.807) is 0 Å². The maximum Gasteiger partial charge on any atom is 0.0534 e. The molecule has 92 valence electrons. The van der Waals surface area contributed by atoms with Crippen molar-refractivity contribution >= 4 is 12.6 Å². The third-order valence-electron chi connectivity index (χ3n) is 2.74. The Morgan fingerprint density at radius 1 is 1.56 bits per heavy atom. The lowest BCUT2D eigenvalue weighted by molar-refractivity contribution is 0.273. The Hall–Kier alpha value is -0.480. The van der Waals surface area contributed by atoms with Crippen LogP contribution in [0.2, 0.25) is 0 Å². The van der Waals surface area contributed by atoms with Crippen LogP contribution in [0.15, 0.2) is 12.4 Å². The van der Waals surface area contributed by atoms with Crippen molar-refractivity contribution in [2.75, 3.05) is 19.3 Å². The molecular weight excluding hydrogens is 218 g/mol. The first-order valence-electron chi connectivity index (χ1n) is 5.92. The Morgan fingerprint density at radius 3 is 2.81 bits per heavy atom. The van der Waals surface area contributed by atoms with Gasteiger partial charge in [0.25, 0.3) is 0 Å². The number of rotatable bonds is 7. The number of aromatic nitrogens is 2. The van der Waals surface area contributed by atoms with Crippen LogP contribution in [0.5, 0.6) is 0 Å². The van der Waals surface area contributed by atoms with Crippen molar-refractivity contribution in [1.82, 2.24) is 14.7 Å². The zero-order chi connectivity index (χ0) is 12.0. The Balaban J connectivity index is 2.37. The van der Waals surface area contributed by atoms with E-state index in [1.165, 1.54) is 18.4 Å². The molecule has 1 aromatic rings. The van der Waals surface area contributed by atoms with Crippen LogP contribution in [0.25, 0.3) is 0 Å². The lowest BCUT2D eigenvalue weighted by Crippen LogP contribution is -2.26. The first kappa shape index (κ1) is 13.6. The summed E-state index contributed by atoms with van der Waals surface area (Å²) in [5, 5.41) is 4.18. The number of nitrogens with zero attached hydrogens (tertiary/aromatic N) is 3. The molecule has 3 nitrogen and oxygen atoms in total. The summed E-state index contributed by atoms with van der Waals surface area (Å²) in [6.45, 7) is 4.33. The Labute approximate surface area is 104 Å². The maximum atomic E-state index is 4.41. The van der Waals surface area contributed by atoms with Gasteiger partial charge in [0.05, 0.1) is 6.20 Å². The van der Waals surface area contributed by atoms with E-state index in [2.05, 4.69) is 42.8 Å². The zero-order valence-corrected chi connectivity index (χ0v) is 11.5. The van der Waals surface area contributed by atoms with Crippen LogP contribution in [0.1, 0.15) is 25.3 Å². The van der Waals surface area contributed by atoms with E-state index >= 15 is 0 Å². The van der Waals surface area contributed by atoms with Crippen molar-refractivity contribution in [3.05, 3.63) is 18.0 Å². The number of hydrogen-bond acceptors (Lipinski definition) is 3. The average molecular weight is 241 g/mol. The molecule has 0 N–H and O–H groups in total. The van der Waals surface area contributed by atoms with E-state index < -0.39 is 0 Å². The highest BCUT2D eigenvalue weighted by Crippen LogP contribution is 2.11. The fraction of sp³-hybridized carbons (Fsp3) is 0.750. The molecule has 4 heteroatoms. The van der Waals surface area contributed by atoms with Gasteiger partial charge in [-0.25, -0.2) is 0 Å². The minimum absolute atomic E-state index is 0.704. The molecule has 0 amide bonds. The molecule has 0 spiro atoms. The second-order valence-corrected chi connectivity index (χ2v) is 4.92. The first-order chi connectivity index (χ1) is 7.65. The van der Waals surface area contributed by atoms with Crippen LogP contribution < -0.4 is 0 Å². The maximum absolute atomic E-state index is 4.41. The molecule has 0 saturated carbocycles. The van der Waals surface area contributed by atoms with Gasteiger partial charge in [0, 0.05) is 31.9 Å². The van der Waals surface area contributed by atoms with Gasteiger partial charge in [0.15, 0.2) is 0 Å². The number of thiol groups is 1. The molecule has 16 heavy (non-hydrogen) atoms. The van der Waals surface area contributed by atoms with Gasteiger partial charge >= 0.3 is 0 Å². The van der Waals surface area contributed by atoms with Crippen LogP contribution in [0, 0.1) is 5.92 Å². The first-order valence-corrected chi connectivity index (χ1v) is 6.55. The molecule has 0 aliphatic rings. The molecule has 1 atom stereocenters. The van der Waals surface area contributed by atoms with E-state index in [9.17, 15) is 0 Å². The lowest BCUT2D eigenvalue weighted by Gasteiger charge is -2.21. The van der Waals surface area contributed by atoms with Gasteiger partial charge < -0.3 is 4.90 Å². The standard InChI is InChI=1S/C12H23N3S/c1-4-5-11(10-16)7-14(2)8-12-6-13-15(3)9-12/h6,9,11,16H,4-5,7-8,10H2,1-3H3. The summed E-state index contributed by atoms with van der Waals surface area (Å²) < 4.78 is 1.85. The minimum atomic E-state index is 0.704. The van der Waals surface area contributed by atoms with Gasteiger partial charge in [0.2, 0.25) is 0 Å². The van der Waals surface area contributed by atoms with Crippen LogP contribution >= 0.6 is 12.6 Å². The molecular formula is C12H23N3S. The SMILES string of the molecule is CCCC(CS)CN(C)Cc1cnn(C)c1. The summed E-state index contributed by atoms with van der Waals surface area (Å²) in [5.74, 6) is 1.68. The molecule has 0 radical (unpaired) electrons. The lowest BCUT2D eigenvalue weighted by atomic mass is 10.1. The molecule has 0 aliphatic carbocycles. The van der Waals surface area contributed by atoms with Crippen LogP contribution in [0.4, 0.5) is 0 Å². The molecule has 0 fully saturated rings. The fourth-order valence-corrected chi connectivity index (χ4v) is 2.32. The van der Waals surface area contributed by atoms with E-state index in [0.717, 1.165) is 18.8 Å². The molecule has 1 rings (SSSR count). The van der Waals surface area contributed by atoms with Gasteiger partial charge in [-0.05, 0) is 25.1 Å². The molecule has 1 unspecified atom stereocenters. The van der Waals surface area contributed by atoms with Crippen molar-refractivity contribution in [1.29, 1.82) is 0 Å². The van der Waals surface area contributed by atoms with Crippen LogP contribution in [-0.4, -0.2) is 34.0 Å². The third kappa shape index (κ3) is 4.58. The van der Waals surface area contributed by atoms with E-state index in [0.29, 0.717) is 5.92 Å². The topological polar surface area (TPSA) is 21.1 Å².